The maximum Gasteiger partial charge on any atom is 0.277 e. The third-order valence-corrected chi connectivity index (χ3v) is 6.84. The predicted octanol–water partition coefficient (Wildman–Crippen LogP) is 3.94. The Balaban J connectivity index is 1.37. The van der Waals surface area contributed by atoms with E-state index in [0.29, 0.717) is 40.0 Å². The number of hydrogen-bond donors (Lipinski definition) is 0. The van der Waals surface area contributed by atoms with Crippen LogP contribution in [0.3, 0.4) is 0 Å². The summed E-state index contributed by atoms with van der Waals surface area (Å²) in [5.74, 6) is 1.67. The van der Waals surface area contributed by atoms with E-state index in [4.69, 9.17) is 9.15 Å². The molecule has 182 valence electrons. The maximum atomic E-state index is 13.1. The molecule has 2 aromatic heterocycles. The number of benzene rings is 2. The highest BCUT2D eigenvalue weighted by Crippen LogP contribution is 2.27. The lowest BCUT2D eigenvalue weighted by atomic mass is 10.1. The fourth-order valence-electron chi connectivity index (χ4n) is 4.35. The Hall–Kier alpha value is -3.01. The van der Waals surface area contributed by atoms with E-state index in [1.807, 2.05) is 48.5 Å². The van der Waals surface area contributed by atoms with Crippen molar-refractivity contribution in [3.05, 3.63) is 70.5 Å². The number of aromatic nitrogens is 4. The lowest BCUT2D eigenvalue weighted by molar-refractivity contribution is -0.0192. The molecule has 1 atom stereocenters. The lowest BCUT2D eigenvalue weighted by Crippen LogP contribution is -2.44. The zero-order chi connectivity index (χ0) is 24.2. The molecule has 5 rings (SSSR count). The molecule has 0 saturated carbocycles. The molecule has 4 aromatic rings. The van der Waals surface area contributed by atoms with Crippen LogP contribution in [-0.4, -0.2) is 63.0 Å². The van der Waals surface area contributed by atoms with Crippen LogP contribution in [0.4, 0.5) is 0 Å². The second kappa shape index (κ2) is 10.7. The van der Waals surface area contributed by atoms with E-state index >= 15 is 0 Å². The van der Waals surface area contributed by atoms with Crippen LogP contribution >= 0.6 is 11.8 Å². The summed E-state index contributed by atoms with van der Waals surface area (Å²) in [7, 11) is 0. The lowest BCUT2D eigenvalue weighted by Gasteiger charge is -2.33. The van der Waals surface area contributed by atoms with Gasteiger partial charge in [-0.05, 0) is 17.5 Å². The highest BCUT2D eigenvalue weighted by Gasteiger charge is 2.23. The van der Waals surface area contributed by atoms with E-state index < -0.39 is 0 Å². The van der Waals surface area contributed by atoms with Crippen LogP contribution in [0.15, 0.2) is 69.0 Å². The summed E-state index contributed by atoms with van der Waals surface area (Å²) in [6.45, 7) is 8.53. The molecule has 8 nitrogen and oxygen atoms in total. The average molecular weight is 492 g/mol. The number of ether oxygens (including phenoxy) is 1. The van der Waals surface area contributed by atoms with Crippen molar-refractivity contribution >= 4 is 22.5 Å². The van der Waals surface area contributed by atoms with Crippen molar-refractivity contribution < 1.29 is 9.15 Å². The van der Waals surface area contributed by atoms with E-state index in [9.17, 15) is 4.79 Å². The summed E-state index contributed by atoms with van der Waals surface area (Å²) >= 11 is 1.49. The van der Waals surface area contributed by atoms with Crippen LogP contribution in [-0.2, 0) is 11.3 Å². The van der Waals surface area contributed by atoms with Crippen LogP contribution < -0.4 is 5.56 Å². The predicted molar refractivity (Wildman–Crippen MR) is 137 cm³/mol. The quantitative estimate of drug-likeness (QED) is 0.343. The van der Waals surface area contributed by atoms with Crippen molar-refractivity contribution in [2.75, 3.05) is 32.0 Å². The molecule has 1 saturated heterocycles. The standard InChI is InChI=1S/C26H29N5O3S/c1-18(2)14-30-12-13-33-20(16-30)17-35-26-28-27-24(34-26)23-21-10-6-7-11-22(21)25(32)31(29-23)15-19-8-4-3-5-9-19/h3-11,18,20H,12-17H2,1-2H3/t20-/m1/s1. The van der Waals surface area contributed by atoms with Gasteiger partial charge in [-0.2, -0.15) is 5.10 Å². The Labute approximate surface area is 208 Å². The first-order chi connectivity index (χ1) is 17.1. The van der Waals surface area contributed by atoms with Crippen molar-refractivity contribution in [1.82, 2.24) is 24.9 Å². The monoisotopic (exact) mass is 491 g/mol. The van der Waals surface area contributed by atoms with Gasteiger partial charge in [-0.3, -0.25) is 9.69 Å². The van der Waals surface area contributed by atoms with Crippen LogP contribution in [0.1, 0.15) is 19.4 Å². The average Bonchev–Trinajstić information content (AvgIpc) is 3.34. The maximum absolute atomic E-state index is 13.1. The summed E-state index contributed by atoms with van der Waals surface area (Å²) in [5, 5.41) is 14.9. The Bertz CT molecular complexity index is 1340. The van der Waals surface area contributed by atoms with Crippen LogP contribution in [0.25, 0.3) is 22.4 Å². The Morgan fingerprint density at radius 1 is 1.06 bits per heavy atom. The molecular weight excluding hydrogens is 462 g/mol. The zero-order valence-corrected chi connectivity index (χ0v) is 20.8. The molecule has 35 heavy (non-hydrogen) atoms. The van der Waals surface area contributed by atoms with Crippen LogP contribution in [0.5, 0.6) is 0 Å². The van der Waals surface area contributed by atoms with Crippen molar-refractivity contribution in [1.29, 1.82) is 0 Å². The fraction of sp³-hybridized carbons (Fsp3) is 0.385. The number of thioether (sulfide) groups is 1. The number of fused-ring (bicyclic) bond motifs is 1. The Morgan fingerprint density at radius 3 is 2.63 bits per heavy atom. The van der Waals surface area contributed by atoms with Gasteiger partial charge in [-0.1, -0.05) is 74.1 Å². The molecule has 9 heteroatoms. The van der Waals surface area contributed by atoms with Gasteiger partial charge in [0.2, 0.25) is 0 Å². The SMILES string of the molecule is CC(C)CN1CCO[C@@H](CSc2nnc(-c3nn(Cc4ccccc4)c(=O)c4ccccc34)o2)C1. The first-order valence-electron chi connectivity index (χ1n) is 11.9. The van der Waals surface area contributed by atoms with Gasteiger partial charge in [0.05, 0.1) is 24.6 Å². The molecular formula is C26H29N5O3S. The molecule has 0 amide bonds. The number of rotatable bonds is 8. The number of nitrogens with zero attached hydrogens (tertiary/aromatic N) is 5. The molecule has 0 unspecified atom stereocenters. The highest BCUT2D eigenvalue weighted by molar-refractivity contribution is 7.99. The van der Waals surface area contributed by atoms with Gasteiger partial charge in [-0.15, -0.1) is 10.2 Å². The van der Waals surface area contributed by atoms with Crippen molar-refractivity contribution in [2.45, 2.75) is 31.7 Å². The summed E-state index contributed by atoms with van der Waals surface area (Å²) in [6.07, 6.45) is 0.120. The Morgan fingerprint density at radius 2 is 1.83 bits per heavy atom. The minimum absolute atomic E-state index is 0.120. The van der Waals surface area contributed by atoms with Crippen LogP contribution in [0, 0.1) is 5.92 Å². The van der Waals surface area contributed by atoms with Crippen molar-refractivity contribution in [2.24, 2.45) is 5.92 Å². The van der Waals surface area contributed by atoms with Crippen LogP contribution in [0.2, 0.25) is 0 Å². The van der Waals surface area contributed by atoms with E-state index in [0.717, 1.165) is 37.6 Å². The fourth-order valence-corrected chi connectivity index (χ4v) is 5.11. The molecule has 0 aliphatic carbocycles. The molecule has 0 spiro atoms. The summed E-state index contributed by atoms with van der Waals surface area (Å²) < 4.78 is 13.4. The largest absolute Gasteiger partial charge is 0.410 e. The third-order valence-electron chi connectivity index (χ3n) is 5.89. The smallest absolute Gasteiger partial charge is 0.277 e. The van der Waals surface area contributed by atoms with Crippen molar-refractivity contribution in [3.63, 3.8) is 0 Å². The molecule has 1 aliphatic rings. The molecule has 3 heterocycles. The molecule has 0 bridgehead atoms. The van der Waals surface area contributed by atoms with Gasteiger partial charge >= 0.3 is 0 Å². The van der Waals surface area contributed by atoms with Gasteiger partial charge in [0, 0.05) is 30.8 Å². The van der Waals surface area contributed by atoms with E-state index in [1.54, 1.807) is 6.07 Å². The second-order valence-corrected chi connectivity index (χ2v) is 10.1. The third kappa shape index (κ3) is 5.63. The second-order valence-electron chi connectivity index (χ2n) is 9.17. The zero-order valence-electron chi connectivity index (χ0n) is 20.0. The molecule has 0 radical (unpaired) electrons. The minimum Gasteiger partial charge on any atom is -0.410 e. The number of hydrogen-bond acceptors (Lipinski definition) is 8. The molecule has 1 fully saturated rings. The summed E-state index contributed by atoms with van der Waals surface area (Å²) in [4.78, 5) is 15.6. The van der Waals surface area contributed by atoms with Gasteiger partial charge < -0.3 is 9.15 Å². The van der Waals surface area contributed by atoms with Crippen molar-refractivity contribution in [3.8, 4) is 11.6 Å². The highest BCUT2D eigenvalue weighted by atomic mass is 32.2. The summed E-state index contributed by atoms with van der Waals surface area (Å²) in [6, 6.07) is 17.2. The topological polar surface area (TPSA) is 86.3 Å². The van der Waals surface area contributed by atoms with Gasteiger partial charge in [0.25, 0.3) is 16.7 Å². The molecule has 2 aromatic carbocycles. The van der Waals surface area contributed by atoms with E-state index in [1.165, 1.54) is 16.4 Å². The number of morpholine rings is 1. The Kier molecular flexibility index (Phi) is 7.26. The minimum atomic E-state index is -0.150. The molecule has 1 aliphatic heterocycles. The van der Waals surface area contributed by atoms with E-state index in [2.05, 4.69) is 34.0 Å². The molecule has 0 N–H and O–H groups in total. The van der Waals surface area contributed by atoms with E-state index in [-0.39, 0.29) is 11.7 Å². The summed E-state index contributed by atoms with van der Waals surface area (Å²) in [5.41, 5.74) is 1.35. The first kappa shape index (κ1) is 23.7. The first-order valence-corrected chi connectivity index (χ1v) is 12.9. The van der Waals surface area contributed by atoms with Gasteiger partial charge in [0.1, 0.15) is 0 Å². The normalized spacial score (nSPS) is 16.8. The van der Waals surface area contributed by atoms with Gasteiger partial charge in [0.15, 0.2) is 5.69 Å². The van der Waals surface area contributed by atoms with Gasteiger partial charge in [-0.25, -0.2) is 4.68 Å².